The molecule has 1 aliphatic carbocycles. The van der Waals surface area contributed by atoms with Gasteiger partial charge < -0.3 is 0 Å². The highest BCUT2D eigenvalue weighted by Gasteiger charge is 2.22. The van der Waals surface area contributed by atoms with Crippen molar-refractivity contribution in [1.82, 2.24) is 4.98 Å². The first-order valence-electron chi connectivity index (χ1n) is 7.57. The van der Waals surface area contributed by atoms with Crippen molar-refractivity contribution in [2.75, 3.05) is 0 Å². The van der Waals surface area contributed by atoms with Gasteiger partial charge >= 0.3 is 0 Å². The summed E-state index contributed by atoms with van der Waals surface area (Å²) in [6, 6.07) is 15.3. The van der Waals surface area contributed by atoms with E-state index < -0.39 is 10.0 Å². The molecule has 0 atom stereocenters. The summed E-state index contributed by atoms with van der Waals surface area (Å²) in [5.41, 5.74) is 1.56. The lowest BCUT2D eigenvalue weighted by molar-refractivity contribution is 0.104. The molecule has 5 nitrogen and oxygen atoms in total. The number of ketones is 1. The molecule has 2 aromatic carbocycles. The van der Waals surface area contributed by atoms with Crippen LogP contribution in [0.3, 0.4) is 0 Å². The summed E-state index contributed by atoms with van der Waals surface area (Å²) in [4.78, 5) is 16.2. The van der Waals surface area contributed by atoms with Crippen molar-refractivity contribution >= 4 is 32.4 Å². The SMILES string of the molecule is O=C1C=CC(=NS(=O)(=O)c2cccc3cccnc23)c2ccccc21. The molecule has 0 saturated heterocycles. The number of nitrogens with zero attached hydrogens (tertiary/aromatic N) is 2. The molecule has 0 fully saturated rings. The molecule has 0 unspecified atom stereocenters. The highest BCUT2D eigenvalue weighted by Crippen LogP contribution is 2.24. The minimum absolute atomic E-state index is 0.0425. The minimum Gasteiger partial charge on any atom is -0.289 e. The minimum atomic E-state index is -3.98. The number of para-hydroxylation sites is 1. The number of sulfonamides is 1. The second-order valence-corrected chi connectivity index (χ2v) is 7.10. The quantitative estimate of drug-likeness (QED) is 0.713. The third-order valence-electron chi connectivity index (χ3n) is 3.95. The molecule has 1 heterocycles. The molecule has 1 aromatic heterocycles. The third-order valence-corrected chi connectivity index (χ3v) is 5.28. The smallest absolute Gasteiger partial charge is 0.285 e. The van der Waals surface area contributed by atoms with Gasteiger partial charge in [0.1, 0.15) is 4.90 Å². The molecule has 0 N–H and O–H groups in total. The first-order chi connectivity index (χ1) is 12.1. The summed E-state index contributed by atoms with van der Waals surface area (Å²) in [5.74, 6) is -0.168. The van der Waals surface area contributed by atoms with Gasteiger partial charge in [-0.15, -0.1) is 0 Å². The number of rotatable bonds is 2. The van der Waals surface area contributed by atoms with Gasteiger partial charge in [0, 0.05) is 22.7 Å². The fourth-order valence-electron chi connectivity index (χ4n) is 2.80. The maximum absolute atomic E-state index is 12.9. The largest absolute Gasteiger partial charge is 0.289 e. The van der Waals surface area contributed by atoms with E-state index in [1.165, 1.54) is 18.2 Å². The Labute approximate surface area is 144 Å². The molecule has 3 aromatic rings. The molecule has 0 spiro atoms. The van der Waals surface area contributed by atoms with Crippen LogP contribution in [0.25, 0.3) is 10.9 Å². The Hall–Kier alpha value is -3.12. The van der Waals surface area contributed by atoms with Gasteiger partial charge in [0.2, 0.25) is 0 Å². The van der Waals surface area contributed by atoms with Crippen molar-refractivity contribution in [2.45, 2.75) is 4.90 Å². The average Bonchev–Trinajstić information content (AvgIpc) is 2.64. The number of pyridine rings is 1. The summed E-state index contributed by atoms with van der Waals surface area (Å²) < 4.78 is 29.7. The van der Waals surface area contributed by atoms with Crippen molar-refractivity contribution in [3.8, 4) is 0 Å². The van der Waals surface area contributed by atoms with Crippen LogP contribution in [0.1, 0.15) is 15.9 Å². The molecule has 0 bridgehead atoms. The lowest BCUT2D eigenvalue weighted by Crippen LogP contribution is -2.14. The molecule has 0 amide bonds. The van der Waals surface area contributed by atoms with Crippen molar-refractivity contribution in [3.05, 3.63) is 84.1 Å². The molecule has 0 radical (unpaired) electrons. The van der Waals surface area contributed by atoms with E-state index in [2.05, 4.69) is 9.38 Å². The van der Waals surface area contributed by atoms with Crippen molar-refractivity contribution < 1.29 is 13.2 Å². The lowest BCUT2D eigenvalue weighted by Gasteiger charge is -2.12. The maximum atomic E-state index is 12.9. The van der Waals surface area contributed by atoms with Gasteiger partial charge in [0.05, 0.1) is 11.2 Å². The monoisotopic (exact) mass is 348 g/mol. The number of aromatic nitrogens is 1. The Morgan fingerprint density at radius 1 is 0.840 bits per heavy atom. The molecule has 122 valence electrons. The van der Waals surface area contributed by atoms with Gasteiger partial charge in [-0.3, -0.25) is 9.78 Å². The van der Waals surface area contributed by atoms with Gasteiger partial charge in [0.25, 0.3) is 10.0 Å². The Bertz CT molecular complexity index is 1170. The first-order valence-corrected chi connectivity index (χ1v) is 9.01. The number of hydrogen-bond acceptors (Lipinski definition) is 4. The molecule has 1 aliphatic rings. The van der Waals surface area contributed by atoms with E-state index in [9.17, 15) is 13.2 Å². The summed E-state index contributed by atoms with van der Waals surface area (Å²) in [7, 11) is -3.98. The van der Waals surface area contributed by atoms with Gasteiger partial charge in [-0.1, -0.05) is 42.5 Å². The van der Waals surface area contributed by atoms with Crippen LogP contribution in [0.4, 0.5) is 0 Å². The van der Waals surface area contributed by atoms with Crippen LogP contribution in [0.2, 0.25) is 0 Å². The number of allylic oxidation sites excluding steroid dienone is 2. The molecular weight excluding hydrogens is 336 g/mol. The Morgan fingerprint density at radius 2 is 1.60 bits per heavy atom. The second-order valence-electron chi connectivity index (χ2n) is 5.53. The second kappa shape index (κ2) is 5.75. The molecule has 25 heavy (non-hydrogen) atoms. The van der Waals surface area contributed by atoms with Gasteiger partial charge in [0.15, 0.2) is 5.78 Å². The number of fused-ring (bicyclic) bond motifs is 2. The lowest BCUT2D eigenvalue weighted by atomic mass is 9.95. The number of hydrogen-bond donors (Lipinski definition) is 0. The van der Waals surface area contributed by atoms with E-state index >= 15 is 0 Å². The number of benzene rings is 2. The predicted octanol–water partition coefficient (Wildman–Crippen LogP) is 3.17. The Morgan fingerprint density at radius 3 is 2.44 bits per heavy atom. The maximum Gasteiger partial charge on any atom is 0.285 e. The fraction of sp³-hybridized carbons (Fsp3) is 0. The summed E-state index contributed by atoms with van der Waals surface area (Å²) in [6.45, 7) is 0. The van der Waals surface area contributed by atoms with Gasteiger partial charge in [-0.2, -0.15) is 12.8 Å². The van der Waals surface area contributed by atoms with Gasteiger partial charge in [-0.25, -0.2) is 0 Å². The van der Waals surface area contributed by atoms with Crippen LogP contribution in [0.5, 0.6) is 0 Å². The fourth-order valence-corrected chi connectivity index (χ4v) is 3.98. The van der Waals surface area contributed by atoms with E-state index in [1.807, 2.05) is 0 Å². The molecule has 0 aliphatic heterocycles. The average molecular weight is 348 g/mol. The van der Waals surface area contributed by atoms with Crippen LogP contribution < -0.4 is 0 Å². The van der Waals surface area contributed by atoms with Crippen molar-refractivity contribution in [3.63, 3.8) is 0 Å². The summed E-state index contributed by atoms with van der Waals surface area (Å²) in [5, 5.41) is 0.721. The standard InChI is InChI=1S/C19H12N2O3S/c22-17-11-10-16(14-7-1-2-8-15(14)17)21-25(23,24)18-9-3-5-13-6-4-12-20-19(13)18/h1-12H. The Kier molecular flexibility index (Phi) is 3.54. The molecular formula is C19H12N2O3S. The number of carbonyl (C=O) groups is 1. The number of carbonyl (C=O) groups excluding carboxylic acids is 1. The zero-order valence-corrected chi connectivity index (χ0v) is 13.8. The summed E-state index contributed by atoms with van der Waals surface area (Å²) in [6.07, 6.45) is 4.31. The van der Waals surface area contributed by atoms with E-state index in [1.54, 1.807) is 54.7 Å². The molecule has 0 saturated carbocycles. The summed E-state index contributed by atoms with van der Waals surface area (Å²) >= 11 is 0. The Balaban J connectivity index is 1.91. The zero-order chi connectivity index (χ0) is 17.4. The normalized spacial score (nSPS) is 15.5. The van der Waals surface area contributed by atoms with E-state index in [0.717, 1.165) is 5.39 Å². The highest BCUT2D eigenvalue weighted by molar-refractivity contribution is 7.90. The topological polar surface area (TPSA) is 76.5 Å². The molecule has 4 rings (SSSR count). The zero-order valence-electron chi connectivity index (χ0n) is 13.0. The van der Waals surface area contributed by atoms with Crippen LogP contribution in [0.15, 0.2) is 82.2 Å². The van der Waals surface area contributed by atoms with Crippen LogP contribution >= 0.6 is 0 Å². The van der Waals surface area contributed by atoms with Crippen LogP contribution in [0, 0.1) is 0 Å². The van der Waals surface area contributed by atoms with E-state index in [0.29, 0.717) is 16.6 Å². The van der Waals surface area contributed by atoms with E-state index in [4.69, 9.17) is 0 Å². The highest BCUT2D eigenvalue weighted by atomic mass is 32.2. The van der Waals surface area contributed by atoms with Crippen molar-refractivity contribution in [2.24, 2.45) is 4.40 Å². The molecule has 6 heteroatoms. The van der Waals surface area contributed by atoms with Crippen LogP contribution in [-0.2, 0) is 10.0 Å². The van der Waals surface area contributed by atoms with E-state index in [-0.39, 0.29) is 16.4 Å². The first kappa shape index (κ1) is 15.4. The van der Waals surface area contributed by atoms with Crippen LogP contribution in [-0.4, -0.2) is 24.9 Å². The third kappa shape index (κ3) is 2.66. The van der Waals surface area contributed by atoms with Crippen molar-refractivity contribution in [1.29, 1.82) is 0 Å². The van der Waals surface area contributed by atoms with Gasteiger partial charge in [-0.05, 0) is 24.3 Å². The predicted molar refractivity (Wildman–Crippen MR) is 95.4 cm³/mol.